The predicted octanol–water partition coefficient (Wildman–Crippen LogP) is 0.507. The van der Waals surface area contributed by atoms with Crippen molar-refractivity contribution in [2.75, 3.05) is 33.7 Å². The summed E-state index contributed by atoms with van der Waals surface area (Å²) >= 11 is 0. The summed E-state index contributed by atoms with van der Waals surface area (Å²) in [7, 11) is 3.92. The molecule has 1 heterocycles. The Kier molecular flexibility index (Phi) is 3.90. The van der Waals surface area contributed by atoms with Crippen molar-refractivity contribution in [1.29, 1.82) is 0 Å². The normalized spacial score (nSPS) is 29.0. The van der Waals surface area contributed by atoms with E-state index in [9.17, 15) is 9.59 Å². The van der Waals surface area contributed by atoms with E-state index in [-0.39, 0.29) is 11.8 Å². The third kappa shape index (κ3) is 3.02. The van der Waals surface area contributed by atoms with Crippen LogP contribution in [0.15, 0.2) is 0 Å². The van der Waals surface area contributed by atoms with Crippen LogP contribution in [0.1, 0.15) is 19.3 Å². The molecule has 0 aromatic rings. The number of hydrogen-bond donors (Lipinski definition) is 1. The van der Waals surface area contributed by atoms with Gasteiger partial charge < -0.3 is 14.9 Å². The summed E-state index contributed by atoms with van der Waals surface area (Å²) in [6.45, 7) is 2.96. The first kappa shape index (κ1) is 13.3. The molecular weight excluding hydrogens is 232 g/mol. The summed E-state index contributed by atoms with van der Waals surface area (Å²) in [5, 5.41) is 8.83. The molecule has 1 aliphatic heterocycles. The predicted molar refractivity (Wildman–Crippen MR) is 67.1 cm³/mol. The Morgan fingerprint density at radius 2 is 1.89 bits per heavy atom. The van der Waals surface area contributed by atoms with Crippen molar-refractivity contribution < 1.29 is 14.7 Å². The van der Waals surface area contributed by atoms with E-state index in [2.05, 4.69) is 11.9 Å². The number of rotatable bonds is 4. The maximum atomic E-state index is 12.0. The number of amides is 1. The zero-order valence-electron chi connectivity index (χ0n) is 11.1. The Morgan fingerprint density at radius 1 is 1.28 bits per heavy atom. The molecule has 1 amide bonds. The van der Waals surface area contributed by atoms with E-state index in [1.807, 2.05) is 0 Å². The first-order valence-electron chi connectivity index (χ1n) is 6.65. The van der Waals surface area contributed by atoms with E-state index in [0.29, 0.717) is 12.3 Å². The second-order valence-electron chi connectivity index (χ2n) is 5.75. The molecule has 1 aliphatic carbocycles. The van der Waals surface area contributed by atoms with Crippen molar-refractivity contribution in [2.45, 2.75) is 19.3 Å². The monoisotopic (exact) mass is 254 g/mol. The van der Waals surface area contributed by atoms with Gasteiger partial charge in [-0.05, 0) is 45.3 Å². The Hall–Kier alpha value is -1.10. The smallest absolute Gasteiger partial charge is 0.307 e. The summed E-state index contributed by atoms with van der Waals surface area (Å²) in [6.07, 6.45) is 2.77. The van der Waals surface area contributed by atoms with Gasteiger partial charge in [0.2, 0.25) is 5.91 Å². The van der Waals surface area contributed by atoms with Gasteiger partial charge in [-0.3, -0.25) is 9.59 Å². The quantitative estimate of drug-likeness (QED) is 0.794. The lowest BCUT2D eigenvalue weighted by Crippen LogP contribution is -2.38. The molecule has 2 aliphatic rings. The molecule has 1 N–H and O–H groups in total. The highest BCUT2D eigenvalue weighted by atomic mass is 16.4. The van der Waals surface area contributed by atoms with Crippen LogP contribution in [0.3, 0.4) is 0 Å². The number of carbonyl (C=O) groups excluding carboxylic acids is 1. The molecule has 2 rings (SSSR count). The van der Waals surface area contributed by atoms with Crippen LogP contribution in [-0.4, -0.2) is 60.5 Å². The summed E-state index contributed by atoms with van der Waals surface area (Å²) in [4.78, 5) is 26.8. The van der Waals surface area contributed by atoms with E-state index < -0.39 is 11.9 Å². The second kappa shape index (κ2) is 5.26. The standard InChI is InChI=1S/C13H22N2O3/c1-14-5-3-9(4-6-14)8-15(2)12(16)10-7-11(10)13(17)18/h9-11H,3-8H2,1-2H3,(H,17,18). The lowest BCUT2D eigenvalue weighted by molar-refractivity contribution is -0.141. The molecule has 1 saturated heterocycles. The zero-order chi connectivity index (χ0) is 13.3. The number of carbonyl (C=O) groups is 2. The number of carboxylic acid groups (broad SMARTS) is 1. The van der Waals surface area contributed by atoms with Crippen molar-refractivity contribution in [3.05, 3.63) is 0 Å². The molecule has 0 bridgehead atoms. The Bertz CT molecular complexity index is 337. The van der Waals surface area contributed by atoms with Gasteiger partial charge in [-0.15, -0.1) is 0 Å². The van der Waals surface area contributed by atoms with Crippen LogP contribution >= 0.6 is 0 Å². The first-order valence-corrected chi connectivity index (χ1v) is 6.65. The van der Waals surface area contributed by atoms with Crippen LogP contribution in [0, 0.1) is 17.8 Å². The van der Waals surface area contributed by atoms with E-state index in [0.717, 1.165) is 32.5 Å². The highest BCUT2D eigenvalue weighted by molar-refractivity contribution is 5.89. The van der Waals surface area contributed by atoms with Crippen molar-refractivity contribution >= 4 is 11.9 Å². The number of piperidine rings is 1. The fourth-order valence-corrected chi connectivity index (χ4v) is 2.75. The van der Waals surface area contributed by atoms with Crippen LogP contribution < -0.4 is 0 Å². The van der Waals surface area contributed by atoms with Crippen LogP contribution in [0.25, 0.3) is 0 Å². The van der Waals surface area contributed by atoms with E-state index in [4.69, 9.17) is 5.11 Å². The summed E-state index contributed by atoms with van der Waals surface area (Å²) < 4.78 is 0. The molecule has 18 heavy (non-hydrogen) atoms. The van der Waals surface area contributed by atoms with Crippen LogP contribution in [0.4, 0.5) is 0 Å². The highest BCUT2D eigenvalue weighted by Crippen LogP contribution is 2.40. The first-order chi connectivity index (χ1) is 8.49. The van der Waals surface area contributed by atoms with E-state index >= 15 is 0 Å². The average molecular weight is 254 g/mol. The van der Waals surface area contributed by atoms with Gasteiger partial charge in [-0.25, -0.2) is 0 Å². The maximum absolute atomic E-state index is 12.0. The third-order valence-corrected chi connectivity index (χ3v) is 4.17. The fourth-order valence-electron chi connectivity index (χ4n) is 2.75. The maximum Gasteiger partial charge on any atom is 0.307 e. The Balaban J connectivity index is 1.76. The molecule has 0 radical (unpaired) electrons. The average Bonchev–Trinajstić information content (AvgIpc) is 3.11. The van der Waals surface area contributed by atoms with Gasteiger partial charge in [-0.1, -0.05) is 0 Å². The lowest BCUT2D eigenvalue weighted by Gasteiger charge is -2.31. The molecule has 2 unspecified atom stereocenters. The van der Waals surface area contributed by atoms with Gasteiger partial charge in [0.25, 0.3) is 0 Å². The molecule has 1 saturated carbocycles. The molecule has 0 aromatic carbocycles. The fraction of sp³-hybridized carbons (Fsp3) is 0.846. The van der Waals surface area contributed by atoms with Gasteiger partial charge >= 0.3 is 5.97 Å². The third-order valence-electron chi connectivity index (χ3n) is 4.17. The SMILES string of the molecule is CN1CCC(CN(C)C(=O)C2CC2C(=O)O)CC1. The van der Waals surface area contributed by atoms with E-state index in [1.165, 1.54) is 0 Å². The van der Waals surface area contributed by atoms with Crippen molar-refractivity contribution in [1.82, 2.24) is 9.80 Å². The molecule has 102 valence electrons. The Labute approximate surface area is 108 Å². The lowest BCUT2D eigenvalue weighted by atomic mass is 9.96. The molecule has 0 spiro atoms. The van der Waals surface area contributed by atoms with Crippen LogP contribution in [0.5, 0.6) is 0 Å². The number of likely N-dealkylation sites (tertiary alicyclic amines) is 1. The molecular formula is C13H22N2O3. The summed E-state index contributed by atoms with van der Waals surface area (Å²) in [5.41, 5.74) is 0. The highest BCUT2D eigenvalue weighted by Gasteiger charge is 2.49. The molecule has 0 aromatic heterocycles. The number of hydrogen-bond acceptors (Lipinski definition) is 3. The Morgan fingerprint density at radius 3 is 2.39 bits per heavy atom. The van der Waals surface area contributed by atoms with E-state index in [1.54, 1.807) is 11.9 Å². The van der Waals surface area contributed by atoms with Gasteiger partial charge in [0.05, 0.1) is 11.8 Å². The number of nitrogens with zero attached hydrogens (tertiary/aromatic N) is 2. The summed E-state index contributed by atoms with van der Waals surface area (Å²) in [6, 6.07) is 0. The molecule has 5 nitrogen and oxygen atoms in total. The minimum Gasteiger partial charge on any atom is -0.481 e. The van der Waals surface area contributed by atoms with Gasteiger partial charge in [-0.2, -0.15) is 0 Å². The number of aliphatic carboxylic acids is 1. The van der Waals surface area contributed by atoms with Crippen LogP contribution in [-0.2, 0) is 9.59 Å². The topological polar surface area (TPSA) is 60.9 Å². The molecule has 2 fully saturated rings. The summed E-state index contributed by atoms with van der Waals surface area (Å²) in [5.74, 6) is -0.948. The molecule has 2 atom stereocenters. The van der Waals surface area contributed by atoms with Crippen molar-refractivity contribution in [3.8, 4) is 0 Å². The largest absolute Gasteiger partial charge is 0.481 e. The minimum atomic E-state index is -0.832. The second-order valence-corrected chi connectivity index (χ2v) is 5.75. The van der Waals surface area contributed by atoms with Crippen LogP contribution in [0.2, 0.25) is 0 Å². The van der Waals surface area contributed by atoms with Gasteiger partial charge in [0.15, 0.2) is 0 Å². The van der Waals surface area contributed by atoms with Crippen molar-refractivity contribution in [3.63, 3.8) is 0 Å². The van der Waals surface area contributed by atoms with Crippen molar-refractivity contribution in [2.24, 2.45) is 17.8 Å². The van der Waals surface area contributed by atoms with Gasteiger partial charge in [0.1, 0.15) is 0 Å². The van der Waals surface area contributed by atoms with Gasteiger partial charge in [0, 0.05) is 13.6 Å². The molecule has 5 heteroatoms. The number of carboxylic acids is 1. The zero-order valence-corrected chi connectivity index (χ0v) is 11.1. The minimum absolute atomic E-state index is 0.0151.